The van der Waals surface area contributed by atoms with Crippen molar-refractivity contribution in [1.29, 1.82) is 0 Å². The molecule has 2 heteroatoms. The Balaban J connectivity index is 2.82. The van der Waals surface area contributed by atoms with E-state index in [1.165, 1.54) is 5.56 Å². The van der Waals surface area contributed by atoms with E-state index in [4.69, 9.17) is 11.6 Å². The maximum atomic E-state index is 5.92. The van der Waals surface area contributed by atoms with Gasteiger partial charge in [0, 0.05) is 9.85 Å². The lowest BCUT2D eigenvalue weighted by Gasteiger charge is -2.17. The molecule has 0 saturated heterocycles. The third kappa shape index (κ3) is 2.99. The first-order chi connectivity index (χ1) is 6.15. The van der Waals surface area contributed by atoms with Gasteiger partial charge in [0.15, 0.2) is 0 Å². The maximum absolute atomic E-state index is 5.92. The number of benzene rings is 1. The first-order valence-electron chi connectivity index (χ1n) is 4.54. The highest BCUT2D eigenvalue weighted by atomic mass is 79.9. The second-order valence-corrected chi connectivity index (χ2v) is 4.88. The van der Waals surface area contributed by atoms with E-state index < -0.39 is 0 Å². The second kappa shape index (κ2) is 5.02. The van der Waals surface area contributed by atoms with Crippen LogP contribution >= 0.6 is 27.5 Å². The zero-order chi connectivity index (χ0) is 9.84. The summed E-state index contributed by atoms with van der Waals surface area (Å²) in [4.78, 5) is 0.533. The number of hydrogen-bond acceptors (Lipinski definition) is 0. The Bertz CT molecular complexity index is 273. The van der Waals surface area contributed by atoms with Gasteiger partial charge in [0.1, 0.15) is 0 Å². The molecule has 2 atom stereocenters. The Kier molecular flexibility index (Phi) is 4.27. The molecule has 0 aliphatic carbocycles. The number of rotatable bonds is 3. The van der Waals surface area contributed by atoms with E-state index in [2.05, 4.69) is 35.8 Å². The third-order valence-corrected chi connectivity index (χ3v) is 3.98. The van der Waals surface area contributed by atoms with Gasteiger partial charge in [-0.2, -0.15) is 0 Å². The second-order valence-electron chi connectivity index (χ2n) is 3.27. The van der Waals surface area contributed by atoms with Crippen molar-refractivity contribution in [3.63, 3.8) is 0 Å². The maximum Gasteiger partial charge on any atom is 0.0408 e. The lowest BCUT2D eigenvalue weighted by Crippen LogP contribution is -2.07. The summed E-state index contributed by atoms with van der Waals surface area (Å²) in [6.07, 6.45) is 1.13. The normalized spacial score (nSPS) is 15.4. The van der Waals surface area contributed by atoms with E-state index in [9.17, 15) is 0 Å². The average molecular weight is 262 g/mol. The van der Waals surface area contributed by atoms with E-state index in [1.807, 2.05) is 18.2 Å². The molecule has 0 bridgehead atoms. The molecule has 0 saturated carbocycles. The van der Waals surface area contributed by atoms with Crippen LogP contribution in [0.15, 0.2) is 24.3 Å². The van der Waals surface area contributed by atoms with Gasteiger partial charge < -0.3 is 0 Å². The molecule has 1 aromatic carbocycles. The summed E-state index contributed by atoms with van der Waals surface area (Å²) in [5, 5.41) is 0.820. The fraction of sp³-hybridized carbons (Fsp3) is 0.455. The van der Waals surface area contributed by atoms with Gasteiger partial charge in [0.05, 0.1) is 0 Å². The molecular formula is C11H14BrCl. The van der Waals surface area contributed by atoms with Crippen LogP contribution in [-0.2, 0) is 0 Å². The van der Waals surface area contributed by atoms with Gasteiger partial charge in [-0.05, 0) is 30.0 Å². The SMILES string of the molecule is CCC(Br)C(C)c1cccc(Cl)c1. The lowest BCUT2D eigenvalue weighted by molar-refractivity contribution is 0.694. The van der Waals surface area contributed by atoms with E-state index in [0.717, 1.165) is 11.4 Å². The first kappa shape index (κ1) is 11.1. The highest BCUT2D eigenvalue weighted by Gasteiger charge is 2.13. The monoisotopic (exact) mass is 260 g/mol. The number of alkyl halides is 1. The summed E-state index contributed by atoms with van der Waals surface area (Å²) in [5.74, 6) is 0.517. The predicted molar refractivity (Wildman–Crippen MR) is 62.9 cm³/mol. The Morgan fingerprint density at radius 2 is 2.15 bits per heavy atom. The van der Waals surface area contributed by atoms with E-state index >= 15 is 0 Å². The highest BCUT2D eigenvalue weighted by Crippen LogP contribution is 2.28. The van der Waals surface area contributed by atoms with Crippen LogP contribution in [0, 0.1) is 0 Å². The average Bonchev–Trinajstić information content (AvgIpc) is 2.15. The predicted octanol–water partition coefficient (Wildman–Crippen LogP) is 4.62. The quantitative estimate of drug-likeness (QED) is 0.697. The van der Waals surface area contributed by atoms with Crippen LogP contribution in [-0.4, -0.2) is 4.83 Å². The largest absolute Gasteiger partial charge is 0.0884 e. The van der Waals surface area contributed by atoms with Crippen molar-refractivity contribution >= 4 is 27.5 Å². The summed E-state index contributed by atoms with van der Waals surface area (Å²) in [6.45, 7) is 4.40. The molecule has 0 aromatic heterocycles. The van der Waals surface area contributed by atoms with Crippen molar-refractivity contribution in [3.8, 4) is 0 Å². The van der Waals surface area contributed by atoms with Crippen LogP contribution in [0.4, 0.5) is 0 Å². The van der Waals surface area contributed by atoms with E-state index in [0.29, 0.717) is 10.7 Å². The fourth-order valence-electron chi connectivity index (χ4n) is 1.35. The van der Waals surface area contributed by atoms with Crippen molar-refractivity contribution in [1.82, 2.24) is 0 Å². The Morgan fingerprint density at radius 1 is 1.46 bits per heavy atom. The summed E-state index contributed by atoms with van der Waals surface area (Å²) < 4.78 is 0. The molecule has 0 fully saturated rings. The standard InChI is InChI=1S/C11H14BrCl/c1-3-11(12)8(2)9-5-4-6-10(13)7-9/h4-8,11H,3H2,1-2H3. The van der Waals surface area contributed by atoms with E-state index in [1.54, 1.807) is 0 Å². The molecule has 0 N–H and O–H groups in total. The van der Waals surface area contributed by atoms with Gasteiger partial charge in [-0.3, -0.25) is 0 Å². The van der Waals surface area contributed by atoms with Crippen LogP contribution in [0.3, 0.4) is 0 Å². The van der Waals surface area contributed by atoms with E-state index in [-0.39, 0.29) is 0 Å². The Hall–Kier alpha value is -0.0100. The molecule has 0 aliphatic heterocycles. The molecule has 0 aliphatic rings. The molecule has 0 spiro atoms. The van der Waals surface area contributed by atoms with Crippen LogP contribution in [0.5, 0.6) is 0 Å². The minimum absolute atomic E-state index is 0.517. The molecule has 1 aromatic rings. The van der Waals surface area contributed by atoms with Gasteiger partial charge in [0.25, 0.3) is 0 Å². The minimum Gasteiger partial charge on any atom is -0.0884 e. The first-order valence-corrected chi connectivity index (χ1v) is 5.84. The molecule has 2 unspecified atom stereocenters. The summed E-state index contributed by atoms with van der Waals surface area (Å²) in [5.41, 5.74) is 1.30. The molecule has 0 heterocycles. The van der Waals surface area contributed by atoms with Crippen LogP contribution in [0.1, 0.15) is 31.7 Å². The summed E-state index contributed by atoms with van der Waals surface area (Å²) >= 11 is 9.58. The van der Waals surface area contributed by atoms with Crippen molar-refractivity contribution < 1.29 is 0 Å². The highest BCUT2D eigenvalue weighted by molar-refractivity contribution is 9.09. The summed E-state index contributed by atoms with van der Waals surface area (Å²) in [7, 11) is 0. The zero-order valence-corrected chi connectivity index (χ0v) is 10.3. The van der Waals surface area contributed by atoms with Gasteiger partial charge in [-0.25, -0.2) is 0 Å². The Morgan fingerprint density at radius 3 is 2.69 bits per heavy atom. The molecule has 0 nitrogen and oxygen atoms in total. The van der Waals surface area contributed by atoms with Crippen molar-refractivity contribution in [2.45, 2.75) is 31.0 Å². The smallest absolute Gasteiger partial charge is 0.0408 e. The molecule has 1 rings (SSSR count). The van der Waals surface area contributed by atoms with Crippen LogP contribution in [0.25, 0.3) is 0 Å². The van der Waals surface area contributed by atoms with Gasteiger partial charge in [-0.15, -0.1) is 0 Å². The zero-order valence-electron chi connectivity index (χ0n) is 7.93. The van der Waals surface area contributed by atoms with Gasteiger partial charge in [0.2, 0.25) is 0 Å². The topological polar surface area (TPSA) is 0 Å². The molecule has 13 heavy (non-hydrogen) atoms. The van der Waals surface area contributed by atoms with Crippen molar-refractivity contribution in [2.75, 3.05) is 0 Å². The van der Waals surface area contributed by atoms with Gasteiger partial charge >= 0.3 is 0 Å². The van der Waals surface area contributed by atoms with Crippen molar-refractivity contribution in [3.05, 3.63) is 34.9 Å². The lowest BCUT2D eigenvalue weighted by atomic mass is 9.97. The van der Waals surface area contributed by atoms with Gasteiger partial charge in [-0.1, -0.05) is 53.5 Å². The molecular weight excluding hydrogens is 247 g/mol. The fourth-order valence-corrected chi connectivity index (χ4v) is 1.86. The molecule has 0 amide bonds. The third-order valence-electron chi connectivity index (χ3n) is 2.31. The van der Waals surface area contributed by atoms with Crippen LogP contribution in [0.2, 0.25) is 5.02 Å². The number of hydrogen-bond donors (Lipinski definition) is 0. The molecule has 72 valence electrons. The number of halogens is 2. The van der Waals surface area contributed by atoms with Crippen LogP contribution < -0.4 is 0 Å². The molecule has 0 radical (unpaired) electrons. The Labute approximate surface area is 93.4 Å². The summed E-state index contributed by atoms with van der Waals surface area (Å²) in [6, 6.07) is 8.08. The minimum atomic E-state index is 0.517. The van der Waals surface area contributed by atoms with Crippen molar-refractivity contribution in [2.24, 2.45) is 0 Å².